The molecule has 0 heterocycles. The smallest absolute Gasteiger partial charge is 0.270 e. The van der Waals surface area contributed by atoms with E-state index >= 15 is 0 Å². The molecule has 8 nitrogen and oxygen atoms in total. The van der Waals surface area contributed by atoms with Gasteiger partial charge < -0.3 is 5.32 Å². The number of anilines is 1. The Morgan fingerprint density at radius 1 is 1.11 bits per heavy atom. The minimum Gasteiger partial charge on any atom is -0.322 e. The van der Waals surface area contributed by atoms with Gasteiger partial charge >= 0.3 is 0 Å². The number of nitro groups is 1. The van der Waals surface area contributed by atoms with Gasteiger partial charge in [-0.15, -0.1) is 0 Å². The van der Waals surface area contributed by atoms with Crippen LogP contribution in [0, 0.1) is 10.1 Å². The largest absolute Gasteiger partial charge is 0.322 e. The molecule has 27 heavy (non-hydrogen) atoms. The fourth-order valence-electron chi connectivity index (χ4n) is 2.18. The van der Waals surface area contributed by atoms with Gasteiger partial charge in [-0.25, -0.2) is 13.1 Å². The first-order valence-corrected chi connectivity index (χ1v) is 9.64. The van der Waals surface area contributed by atoms with E-state index in [4.69, 9.17) is 11.6 Å². The van der Waals surface area contributed by atoms with Crippen molar-refractivity contribution in [2.75, 3.05) is 5.32 Å². The number of carbonyl (C=O) groups is 1. The van der Waals surface area contributed by atoms with Gasteiger partial charge in [0.25, 0.3) is 11.6 Å². The van der Waals surface area contributed by atoms with Gasteiger partial charge in [0.2, 0.25) is 10.0 Å². The van der Waals surface area contributed by atoms with Gasteiger partial charge in [-0.3, -0.25) is 14.9 Å². The molecule has 0 atom stereocenters. The van der Waals surface area contributed by atoms with Gasteiger partial charge in [-0.05, 0) is 51.1 Å². The van der Waals surface area contributed by atoms with Crippen LogP contribution in [0.1, 0.15) is 31.1 Å². The highest BCUT2D eigenvalue weighted by Gasteiger charge is 2.22. The van der Waals surface area contributed by atoms with E-state index < -0.39 is 26.4 Å². The number of nitrogens with one attached hydrogen (secondary N) is 2. The summed E-state index contributed by atoms with van der Waals surface area (Å²) in [5.41, 5.74) is -0.640. The second-order valence-electron chi connectivity index (χ2n) is 6.76. The van der Waals surface area contributed by atoms with Crippen LogP contribution in [-0.2, 0) is 10.0 Å². The monoisotopic (exact) mass is 411 g/mol. The van der Waals surface area contributed by atoms with Crippen molar-refractivity contribution >= 4 is 38.9 Å². The second kappa shape index (κ2) is 7.63. The highest BCUT2D eigenvalue weighted by atomic mass is 35.5. The number of non-ortho nitro benzene ring substituents is 1. The van der Waals surface area contributed by atoms with Gasteiger partial charge in [0.05, 0.1) is 20.4 Å². The number of nitrogens with zero attached hydrogens (tertiary/aromatic N) is 1. The normalized spacial score (nSPS) is 11.9. The van der Waals surface area contributed by atoms with Gasteiger partial charge in [-0.2, -0.15) is 0 Å². The molecule has 10 heteroatoms. The molecule has 2 N–H and O–H groups in total. The average molecular weight is 412 g/mol. The summed E-state index contributed by atoms with van der Waals surface area (Å²) in [4.78, 5) is 22.6. The molecular weight excluding hydrogens is 394 g/mol. The molecule has 0 aliphatic rings. The molecule has 2 aromatic rings. The van der Waals surface area contributed by atoms with E-state index in [0.29, 0.717) is 5.69 Å². The van der Waals surface area contributed by atoms with Crippen molar-refractivity contribution in [2.45, 2.75) is 31.2 Å². The Bertz CT molecular complexity index is 983. The molecule has 2 rings (SSSR count). The van der Waals surface area contributed by atoms with E-state index in [9.17, 15) is 23.3 Å². The Hall–Kier alpha value is -2.49. The van der Waals surface area contributed by atoms with Crippen LogP contribution in [0.25, 0.3) is 0 Å². The van der Waals surface area contributed by atoms with Crippen LogP contribution in [0.4, 0.5) is 11.4 Å². The molecule has 0 radical (unpaired) electrons. The highest BCUT2D eigenvalue weighted by Crippen LogP contribution is 2.23. The van der Waals surface area contributed by atoms with Gasteiger partial charge in [-0.1, -0.05) is 11.6 Å². The van der Waals surface area contributed by atoms with Gasteiger partial charge in [0.1, 0.15) is 0 Å². The zero-order valence-electron chi connectivity index (χ0n) is 14.8. The fraction of sp³-hybridized carbons (Fsp3) is 0.235. The molecule has 0 spiro atoms. The Balaban J connectivity index is 2.21. The molecule has 0 saturated carbocycles. The molecule has 144 valence electrons. The molecule has 2 aromatic carbocycles. The van der Waals surface area contributed by atoms with E-state index in [1.54, 1.807) is 20.8 Å². The lowest BCUT2D eigenvalue weighted by Gasteiger charge is -2.20. The Morgan fingerprint density at radius 3 is 2.22 bits per heavy atom. The second-order valence-corrected chi connectivity index (χ2v) is 8.84. The molecule has 0 aromatic heterocycles. The summed E-state index contributed by atoms with van der Waals surface area (Å²) in [5.74, 6) is -0.646. The first-order valence-electron chi connectivity index (χ1n) is 7.78. The number of hydrogen-bond acceptors (Lipinski definition) is 5. The van der Waals surface area contributed by atoms with Crippen LogP contribution in [-0.4, -0.2) is 24.8 Å². The van der Waals surface area contributed by atoms with E-state index in [1.807, 2.05) is 0 Å². The van der Waals surface area contributed by atoms with Crippen LogP contribution in [0.3, 0.4) is 0 Å². The summed E-state index contributed by atoms with van der Waals surface area (Å²) in [6.45, 7) is 5.17. The lowest BCUT2D eigenvalue weighted by molar-refractivity contribution is -0.384. The standard InChI is InChI=1S/C17H18ClN3O5S/c1-17(2,3)20-27(25,26)13-7-4-11(5-8-13)19-16(22)14-10-12(21(23)24)6-9-15(14)18/h4-10,20H,1-3H3,(H,19,22). The molecular formula is C17H18ClN3O5S. The third-order valence-electron chi connectivity index (χ3n) is 3.27. The van der Waals surface area contributed by atoms with E-state index in [2.05, 4.69) is 10.0 Å². The summed E-state index contributed by atoms with van der Waals surface area (Å²) in [6, 6.07) is 9.06. The topological polar surface area (TPSA) is 118 Å². The summed E-state index contributed by atoms with van der Waals surface area (Å²) in [7, 11) is -3.70. The molecule has 1 amide bonds. The maximum Gasteiger partial charge on any atom is 0.270 e. The number of hydrogen-bond donors (Lipinski definition) is 2. The van der Waals surface area contributed by atoms with Crippen LogP contribution in [0.15, 0.2) is 47.4 Å². The van der Waals surface area contributed by atoms with Crippen molar-refractivity contribution in [1.29, 1.82) is 0 Å². The summed E-state index contributed by atoms with van der Waals surface area (Å²) in [6.07, 6.45) is 0. The molecule has 0 bridgehead atoms. The van der Waals surface area contributed by atoms with Crippen molar-refractivity contribution < 1.29 is 18.1 Å². The van der Waals surface area contributed by atoms with Crippen molar-refractivity contribution in [2.24, 2.45) is 0 Å². The van der Waals surface area contributed by atoms with Crippen molar-refractivity contribution in [1.82, 2.24) is 4.72 Å². The summed E-state index contributed by atoms with van der Waals surface area (Å²) >= 11 is 5.94. The maximum absolute atomic E-state index is 12.3. The summed E-state index contributed by atoms with van der Waals surface area (Å²) in [5, 5.41) is 13.4. The van der Waals surface area contributed by atoms with E-state index in [0.717, 1.165) is 6.07 Å². The number of benzene rings is 2. The lowest BCUT2D eigenvalue weighted by atomic mass is 10.1. The van der Waals surface area contributed by atoms with Crippen LogP contribution in [0.5, 0.6) is 0 Å². The molecule has 0 aliphatic carbocycles. The van der Waals surface area contributed by atoms with Crippen molar-refractivity contribution in [3.8, 4) is 0 Å². The van der Waals surface area contributed by atoms with E-state index in [1.165, 1.54) is 36.4 Å². The zero-order chi connectivity index (χ0) is 20.4. The first kappa shape index (κ1) is 20.8. The quantitative estimate of drug-likeness (QED) is 0.575. The van der Waals surface area contributed by atoms with E-state index in [-0.39, 0.29) is 21.2 Å². The van der Waals surface area contributed by atoms with Crippen LogP contribution in [0.2, 0.25) is 5.02 Å². The highest BCUT2D eigenvalue weighted by molar-refractivity contribution is 7.89. The number of carbonyl (C=O) groups excluding carboxylic acids is 1. The average Bonchev–Trinajstić information content (AvgIpc) is 2.53. The SMILES string of the molecule is CC(C)(C)NS(=O)(=O)c1ccc(NC(=O)c2cc([N+](=O)[O-])ccc2Cl)cc1. The number of nitro benzene ring substituents is 1. The third kappa shape index (κ3) is 5.49. The predicted octanol–water partition coefficient (Wildman–Crippen LogP) is 3.58. The third-order valence-corrected chi connectivity index (χ3v) is 5.37. The van der Waals surface area contributed by atoms with Crippen molar-refractivity contribution in [3.05, 3.63) is 63.2 Å². The van der Waals surface area contributed by atoms with Crippen LogP contribution >= 0.6 is 11.6 Å². The fourth-order valence-corrected chi connectivity index (χ4v) is 3.80. The molecule has 0 fully saturated rings. The minimum absolute atomic E-state index is 0.0452. The Labute approximate surface area is 161 Å². The maximum atomic E-state index is 12.3. The number of rotatable bonds is 5. The molecule has 0 aliphatic heterocycles. The number of sulfonamides is 1. The Morgan fingerprint density at radius 2 is 1.70 bits per heavy atom. The Kier molecular flexibility index (Phi) is 5.88. The predicted molar refractivity (Wildman–Crippen MR) is 103 cm³/mol. The zero-order valence-corrected chi connectivity index (χ0v) is 16.4. The lowest BCUT2D eigenvalue weighted by Crippen LogP contribution is -2.40. The van der Waals surface area contributed by atoms with Crippen molar-refractivity contribution in [3.63, 3.8) is 0 Å². The number of amides is 1. The van der Waals surface area contributed by atoms with Crippen LogP contribution < -0.4 is 10.0 Å². The van der Waals surface area contributed by atoms with Gasteiger partial charge in [0, 0.05) is 23.4 Å². The number of halogens is 1. The molecule has 0 saturated heterocycles. The summed E-state index contributed by atoms with van der Waals surface area (Å²) < 4.78 is 27.1. The van der Waals surface area contributed by atoms with Gasteiger partial charge in [0.15, 0.2) is 0 Å². The minimum atomic E-state index is -3.70. The molecule has 0 unspecified atom stereocenters. The first-order chi connectivity index (χ1) is 12.4.